The molecule has 2 aromatic carbocycles. The van der Waals surface area contributed by atoms with Crippen molar-refractivity contribution in [1.82, 2.24) is 4.98 Å². The van der Waals surface area contributed by atoms with Gasteiger partial charge < -0.3 is 15.5 Å². The van der Waals surface area contributed by atoms with Gasteiger partial charge in [-0.1, -0.05) is 12.1 Å². The van der Waals surface area contributed by atoms with Gasteiger partial charge in [-0.15, -0.1) is 0 Å². The van der Waals surface area contributed by atoms with E-state index in [1.165, 1.54) is 0 Å². The molecule has 3 aromatic rings. The second-order valence-electron chi connectivity index (χ2n) is 4.71. The van der Waals surface area contributed by atoms with Crippen LogP contribution < -0.4 is 11.1 Å². The van der Waals surface area contributed by atoms with Crippen LogP contribution in [-0.4, -0.2) is 23.5 Å². The number of benzene rings is 2. The molecular formula is C16H17N3OS. The summed E-state index contributed by atoms with van der Waals surface area (Å²) in [5, 5.41) is 3.32. The zero-order valence-corrected chi connectivity index (χ0v) is 12.6. The molecule has 0 bridgehead atoms. The minimum absolute atomic E-state index is 0.596. The molecule has 4 nitrogen and oxygen atoms in total. The van der Waals surface area contributed by atoms with Gasteiger partial charge in [0.25, 0.3) is 0 Å². The van der Waals surface area contributed by atoms with Crippen LogP contribution in [0.2, 0.25) is 0 Å². The van der Waals surface area contributed by atoms with Gasteiger partial charge in [0.15, 0.2) is 5.58 Å². The Balaban J connectivity index is 1.87. The molecule has 0 radical (unpaired) electrons. The smallest absolute Gasteiger partial charge is 0.227 e. The Morgan fingerprint density at radius 1 is 1.24 bits per heavy atom. The van der Waals surface area contributed by atoms with Gasteiger partial charge in [0.05, 0.1) is 11.4 Å². The van der Waals surface area contributed by atoms with E-state index in [9.17, 15) is 0 Å². The van der Waals surface area contributed by atoms with Crippen LogP contribution in [0.25, 0.3) is 22.6 Å². The Morgan fingerprint density at radius 3 is 2.86 bits per heavy atom. The summed E-state index contributed by atoms with van der Waals surface area (Å²) >= 11 is 1.80. The fourth-order valence-corrected chi connectivity index (χ4v) is 2.45. The van der Waals surface area contributed by atoms with Gasteiger partial charge in [-0.3, -0.25) is 0 Å². The molecule has 0 saturated carbocycles. The Morgan fingerprint density at radius 2 is 2.10 bits per heavy atom. The van der Waals surface area contributed by atoms with E-state index < -0.39 is 0 Å². The minimum Gasteiger partial charge on any atom is -0.436 e. The van der Waals surface area contributed by atoms with Crippen LogP contribution in [0.1, 0.15) is 0 Å². The lowest BCUT2D eigenvalue weighted by atomic mass is 10.1. The van der Waals surface area contributed by atoms with Crippen molar-refractivity contribution in [3.8, 4) is 11.5 Å². The molecule has 0 amide bonds. The number of thioether (sulfide) groups is 1. The predicted molar refractivity (Wildman–Crippen MR) is 90.7 cm³/mol. The van der Waals surface area contributed by atoms with Crippen LogP contribution in [0.15, 0.2) is 46.9 Å². The molecule has 0 aliphatic heterocycles. The highest BCUT2D eigenvalue weighted by atomic mass is 32.2. The molecule has 1 heterocycles. The van der Waals surface area contributed by atoms with Crippen molar-refractivity contribution < 1.29 is 4.42 Å². The summed E-state index contributed by atoms with van der Waals surface area (Å²) in [4.78, 5) is 4.48. The minimum atomic E-state index is 0.596. The van der Waals surface area contributed by atoms with E-state index in [4.69, 9.17) is 10.2 Å². The van der Waals surface area contributed by atoms with Crippen molar-refractivity contribution in [3.05, 3.63) is 42.5 Å². The van der Waals surface area contributed by atoms with E-state index in [0.29, 0.717) is 11.6 Å². The SMILES string of the molecule is CSCCNc1ccc(-c2nc3ccccc3o2)cc1N. The molecule has 3 rings (SSSR count). The lowest BCUT2D eigenvalue weighted by molar-refractivity contribution is 0.620. The third-order valence-corrected chi connectivity index (χ3v) is 3.83. The average Bonchev–Trinajstić information content (AvgIpc) is 2.93. The maximum Gasteiger partial charge on any atom is 0.227 e. The predicted octanol–water partition coefficient (Wildman–Crippen LogP) is 3.85. The molecule has 1 aromatic heterocycles. The Labute approximate surface area is 127 Å². The average molecular weight is 299 g/mol. The largest absolute Gasteiger partial charge is 0.436 e. The molecule has 5 heteroatoms. The highest BCUT2D eigenvalue weighted by Crippen LogP contribution is 2.28. The number of rotatable bonds is 5. The molecule has 108 valence electrons. The van der Waals surface area contributed by atoms with Crippen LogP contribution in [0.3, 0.4) is 0 Å². The highest BCUT2D eigenvalue weighted by molar-refractivity contribution is 7.98. The Kier molecular flexibility index (Phi) is 4.01. The molecule has 0 fully saturated rings. The third-order valence-electron chi connectivity index (χ3n) is 3.21. The zero-order chi connectivity index (χ0) is 14.7. The maximum atomic E-state index is 6.10. The molecule has 0 spiro atoms. The summed E-state index contributed by atoms with van der Waals surface area (Å²) in [5.41, 5.74) is 10.3. The van der Waals surface area contributed by atoms with Crippen LogP contribution >= 0.6 is 11.8 Å². The maximum absolute atomic E-state index is 6.10. The fourth-order valence-electron chi connectivity index (χ4n) is 2.14. The second kappa shape index (κ2) is 6.10. The first-order valence-electron chi connectivity index (χ1n) is 6.76. The zero-order valence-electron chi connectivity index (χ0n) is 11.8. The summed E-state index contributed by atoms with van der Waals surface area (Å²) in [6, 6.07) is 13.6. The van der Waals surface area contributed by atoms with E-state index >= 15 is 0 Å². The number of oxazole rings is 1. The number of hydrogen-bond acceptors (Lipinski definition) is 5. The van der Waals surface area contributed by atoms with Crippen LogP contribution in [0.4, 0.5) is 11.4 Å². The molecule has 0 unspecified atom stereocenters. The Bertz CT molecular complexity index is 721. The fraction of sp³-hybridized carbons (Fsp3) is 0.188. The number of fused-ring (bicyclic) bond motifs is 1. The van der Waals surface area contributed by atoms with Gasteiger partial charge >= 0.3 is 0 Å². The number of nitrogens with one attached hydrogen (secondary N) is 1. The summed E-state index contributed by atoms with van der Waals surface area (Å²) in [7, 11) is 0. The van der Waals surface area contributed by atoms with Gasteiger partial charge in [0.1, 0.15) is 5.52 Å². The molecular weight excluding hydrogens is 282 g/mol. The van der Waals surface area contributed by atoms with Crippen molar-refractivity contribution in [2.45, 2.75) is 0 Å². The number of nitrogens with two attached hydrogens (primary N) is 1. The standard InChI is InChI=1S/C16H17N3OS/c1-21-9-8-18-13-7-6-11(10-12(13)17)16-19-14-4-2-3-5-15(14)20-16/h2-7,10,18H,8-9,17H2,1H3. The van der Waals surface area contributed by atoms with Gasteiger partial charge in [0.2, 0.25) is 5.89 Å². The molecule has 21 heavy (non-hydrogen) atoms. The molecule has 3 N–H and O–H groups in total. The second-order valence-corrected chi connectivity index (χ2v) is 5.69. The van der Waals surface area contributed by atoms with Crippen LogP contribution in [-0.2, 0) is 0 Å². The highest BCUT2D eigenvalue weighted by Gasteiger charge is 2.09. The number of anilines is 2. The Hall–Kier alpha value is -2.14. The normalized spacial score (nSPS) is 10.9. The number of aromatic nitrogens is 1. The molecule has 0 aliphatic rings. The van der Waals surface area contributed by atoms with Crippen molar-refractivity contribution in [2.24, 2.45) is 0 Å². The first-order chi connectivity index (χ1) is 10.3. The van der Waals surface area contributed by atoms with Crippen LogP contribution in [0.5, 0.6) is 0 Å². The summed E-state index contributed by atoms with van der Waals surface area (Å²) < 4.78 is 5.76. The monoisotopic (exact) mass is 299 g/mol. The number of nitrogens with zero attached hydrogens (tertiary/aromatic N) is 1. The molecule has 0 aliphatic carbocycles. The summed E-state index contributed by atoms with van der Waals surface area (Å²) in [6.07, 6.45) is 2.08. The number of nitrogen functional groups attached to an aromatic ring is 1. The summed E-state index contributed by atoms with van der Waals surface area (Å²) in [6.45, 7) is 0.896. The van der Waals surface area contributed by atoms with Crippen molar-refractivity contribution in [3.63, 3.8) is 0 Å². The van der Waals surface area contributed by atoms with Gasteiger partial charge in [0, 0.05) is 17.9 Å². The number of para-hydroxylation sites is 2. The van der Waals surface area contributed by atoms with E-state index in [-0.39, 0.29) is 0 Å². The van der Waals surface area contributed by atoms with Crippen LogP contribution in [0, 0.1) is 0 Å². The van der Waals surface area contributed by atoms with Crippen molar-refractivity contribution >= 4 is 34.2 Å². The molecule has 0 saturated heterocycles. The van der Waals surface area contributed by atoms with E-state index in [2.05, 4.69) is 16.6 Å². The van der Waals surface area contributed by atoms with Gasteiger partial charge in [-0.2, -0.15) is 11.8 Å². The lowest BCUT2D eigenvalue weighted by Crippen LogP contribution is -2.06. The van der Waals surface area contributed by atoms with Crippen molar-refractivity contribution in [2.75, 3.05) is 29.6 Å². The lowest BCUT2D eigenvalue weighted by Gasteiger charge is -2.09. The topological polar surface area (TPSA) is 64.1 Å². The first kappa shape index (κ1) is 13.8. The number of hydrogen-bond donors (Lipinski definition) is 2. The van der Waals surface area contributed by atoms with E-state index in [1.54, 1.807) is 11.8 Å². The van der Waals surface area contributed by atoms with E-state index in [0.717, 1.165) is 34.6 Å². The van der Waals surface area contributed by atoms with Crippen molar-refractivity contribution in [1.29, 1.82) is 0 Å². The van der Waals surface area contributed by atoms with Gasteiger partial charge in [-0.25, -0.2) is 4.98 Å². The van der Waals surface area contributed by atoms with E-state index in [1.807, 2.05) is 42.5 Å². The van der Waals surface area contributed by atoms with Gasteiger partial charge in [-0.05, 0) is 36.6 Å². The third kappa shape index (κ3) is 2.97. The quantitative estimate of drug-likeness (QED) is 0.553. The summed E-state index contributed by atoms with van der Waals surface area (Å²) in [5.74, 6) is 1.64. The first-order valence-corrected chi connectivity index (χ1v) is 8.15. The molecule has 0 atom stereocenters.